The first-order valence-corrected chi connectivity index (χ1v) is 10.7. The van der Waals surface area contributed by atoms with E-state index < -0.39 is 10.0 Å². The molecule has 1 aliphatic heterocycles. The molecule has 0 spiro atoms. The van der Waals surface area contributed by atoms with E-state index in [1.54, 1.807) is 29.5 Å². The van der Waals surface area contributed by atoms with Gasteiger partial charge in [0.1, 0.15) is 0 Å². The number of sulfonamides is 1. The van der Waals surface area contributed by atoms with Crippen LogP contribution in [0.4, 0.5) is 10.8 Å². The second kappa shape index (κ2) is 7.03. The minimum absolute atomic E-state index is 0.167. The normalized spacial score (nSPS) is 15.3. The predicted octanol–water partition coefficient (Wildman–Crippen LogP) is 3.59. The maximum absolute atomic E-state index is 12.5. The van der Waals surface area contributed by atoms with Gasteiger partial charge in [-0.15, -0.1) is 0 Å². The molecule has 26 heavy (non-hydrogen) atoms. The molecule has 1 aromatic heterocycles. The number of nitrogens with one attached hydrogen (secondary N) is 1. The van der Waals surface area contributed by atoms with Gasteiger partial charge < -0.3 is 9.64 Å². The number of thiazole rings is 1. The molecule has 0 amide bonds. The molecule has 136 valence electrons. The van der Waals surface area contributed by atoms with Crippen LogP contribution in [0.5, 0.6) is 0 Å². The fourth-order valence-corrected chi connectivity index (χ4v) is 4.93. The lowest BCUT2D eigenvalue weighted by Crippen LogP contribution is -2.36. The van der Waals surface area contributed by atoms with Crippen LogP contribution in [0.2, 0.25) is 5.02 Å². The maximum Gasteiger partial charge on any atom is 0.261 e. The lowest BCUT2D eigenvalue weighted by atomic mass is 10.3. The van der Waals surface area contributed by atoms with Gasteiger partial charge in [0.25, 0.3) is 10.0 Å². The largest absolute Gasteiger partial charge is 0.378 e. The Kier molecular flexibility index (Phi) is 4.74. The van der Waals surface area contributed by atoms with Crippen LogP contribution < -0.4 is 9.62 Å². The lowest BCUT2D eigenvalue weighted by Gasteiger charge is -2.25. The van der Waals surface area contributed by atoms with Crippen LogP contribution in [0.25, 0.3) is 10.2 Å². The highest BCUT2D eigenvalue weighted by Gasteiger charge is 2.17. The van der Waals surface area contributed by atoms with E-state index in [4.69, 9.17) is 16.3 Å². The van der Waals surface area contributed by atoms with Crippen molar-refractivity contribution in [1.82, 2.24) is 4.98 Å². The molecule has 1 fully saturated rings. The lowest BCUT2D eigenvalue weighted by molar-refractivity contribution is 0.122. The topological polar surface area (TPSA) is 71.5 Å². The average molecular weight is 410 g/mol. The van der Waals surface area contributed by atoms with Gasteiger partial charge in [0.05, 0.1) is 34.0 Å². The van der Waals surface area contributed by atoms with Crippen molar-refractivity contribution < 1.29 is 13.2 Å². The summed E-state index contributed by atoms with van der Waals surface area (Å²) < 4.78 is 33.9. The van der Waals surface area contributed by atoms with Crippen molar-refractivity contribution in [3.8, 4) is 0 Å². The zero-order chi connectivity index (χ0) is 18.1. The van der Waals surface area contributed by atoms with Crippen molar-refractivity contribution in [1.29, 1.82) is 0 Å². The summed E-state index contributed by atoms with van der Waals surface area (Å²) in [5, 5.41) is 1.42. The molecule has 4 rings (SSSR count). The Morgan fingerprint density at radius 1 is 1.12 bits per heavy atom. The van der Waals surface area contributed by atoms with Crippen molar-refractivity contribution in [3.63, 3.8) is 0 Å². The van der Waals surface area contributed by atoms with E-state index in [-0.39, 0.29) is 4.90 Å². The first-order chi connectivity index (χ1) is 12.5. The maximum atomic E-state index is 12.5. The minimum Gasteiger partial charge on any atom is -0.378 e. The van der Waals surface area contributed by atoms with Crippen LogP contribution in [0.3, 0.4) is 0 Å². The van der Waals surface area contributed by atoms with E-state index in [1.165, 1.54) is 12.1 Å². The SMILES string of the molecule is O=S(=O)(Nc1ccc2nc(N3CCOCC3)sc2c1)c1ccc(Cl)cc1. The van der Waals surface area contributed by atoms with E-state index in [0.717, 1.165) is 28.4 Å². The summed E-state index contributed by atoms with van der Waals surface area (Å²) in [4.78, 5) is 6.99. The van der Waals surface area contributed by atoms with Crippen LogP contribution in [0, 0.1) is 0 Å². The van der Waals surface area contributed by atoms with E-state index >= 15 is 0 Å². The Morgan fingerprint density at radius 2 is 1.85 bits per heavy atom. The fraction of sp³-hybridized carbons (Fsp3) is 0.235. The highest BCUT2D eigenvalue weighted by Crippen LogP contribution is 2.31. The van der Waals surface area contributed by atoms with Crippen molar-refractivity contribution in [2.75, 3.05) is 35.9 Å². The molecule has 9 heteroatoms. The quantitative estimate of drug-likeness (QED) is 0.713. The van der Waals surface area contributed by atoms with Crippen LogP contribution in [-0.2, 0) is 14.8 Å². The van der Waals surface area contributed by atoms with Crippen molar-refractivity contribution in [3.05, 3.63) is 47.5 Å². The van der Waals surface area contributed by atoms with E-state index in [2.05, 4.69) is 14.6 Å². The molecule has 0 bridgehead atoms. The zero-order valence-corrected chi connectivity index (χ0v) is 16.1. The summed E-state index contributed by atoms with van der Waals surface area (Å²) in [7, 11) is -3.66. The number of rotatable bonds is 4. The van der Waals surface area contributed by atoms with Gasteiger partial charge in [-0.1, -0.05) is 22.9 Å². The van der Waals surface area contributed by atoms with Gasteiger partial charge in [-0.05, 0) is 42.5 Å². The highest BCUT2D eigenvalue weighted by molar-refractivity contribution is 7.92. The van der Waals surface area contributed by atoms with Gasteiger partial charge >= 0.3 is 0 Å². The molecule has 6 nitrogen and oxygen atoms in total. The van der Waals surface area contributed by atoms with Crippen molar-refractivity contribution in [2.45, 2.75) is 4.90 Å². The summed E-state index contributed by atoms with van der Waals surface area (Å²) in [6.07, 6.45) is 0. The molecule has 2 heterocycles. The molecule has 2 aromatic carbocycles. The molecule has 1 saturated heterocycles. The number of morpholine rings is 1. The van der Waals surface area contributed by atoms with E-state index in [0.29, 0.717) is 23.9 Å². The van der Waals surface area contributed by atoms with Crippen LogP contribution in [0.1, 0.15) is 0 Å². The zero-order valence-electron chi connectivity index (χ0n) is 13.7. The number of aromatic nitrogens is 1. The fourth-order valence-electron chi connectivity index (χ4n) is 2.69. The van der Waals surface area contributed by atoms with Crippen LogP contribution in [0.15, 0.2) is 47.4 Å². The average Bonchev–Trinajstić information content (AvgIpc) is 3.06. The Hall–Kier alpha value is -1.87. The van der Waals surface area contributed by atoms with Gasteiger partial charge in [0.2, 0.25) is 0 Å². The van der Waals surface area contributed by atoms with Gasteiger partial charge in [0, 0.05) is 18.1 Å². The van der Waals surface area contributed by atoms with Crippen LogP contribution in [-0.4, -0.2) is 39.7 Å². The number of hydrogen-bond donors (Lipinski definition) is 1. The first kappa shape index (κ1) is 17.5. The summed E-state index contributed by atoms with van der Waals surface area (Å²) in [6.45, 7) is 3.02. The predicted molar refractivity (Wildman–Crippen MR) is 105 cm³/mol. The molecule has 1 aliphatic rings. The highest BCUT2D eigenvalue weighted by atomic mass is 35.5. The third-order valence-corrected chi connectivity index (χ3v) is 6.76. The van der Waals surface area contributed by atoms with Crippen molar-refractivity contribution in [2.24, 2.45) is 0 Å². The molecular weight excluding hydrogens is 394 g/mol. The molecule has 3 aromatic rings. The second-order valence-electron chi connectivity index (χ2n) is 5.84. The number of hydrogen-bond acceptors (Lipinski definition) is 6. The Balaban J connectivity index is 1.59. The number of nitrogens with zero attached hydrogens (tertiary/aromatic N) is 2. The summed E-state index contributed by atoms with van der Waals surface area (Å²) in [5.41, 5.74) is 1.36. The number of halogens is 1. The molecule has 1 N–H and O–H groups in total. The van der Waals surface area contributed by atoms with Gasteiger partial charge in [-0.3, -0.25) is 4.72 Å². The Morgan fingerprint density at radius 3 is 2.58 bits per heavy atom. The van der Waals surface area contributed by atoms with Crippen LogP contribution >= 0.6 is 22.9 Å². The standard InChI is InChI=1S/C17H16ClN3O3S2/c18-12-1-4-14(5-2-12)26(22,23)20-13-3-6-15-16(11-13)25-17(19-15)21-7-9-24-10-8-21/h1-6,11,20H,7-10H2. The van der Waals surface area contributed by atoms with Gasteiger partial charge in [-0.25, -0.2) is 13.4 Å². The number of fused-ring (bicyclic) bond motifs is 1. The Bertz CT molecular complexity index is 1030. The summed E-state index contributed by atoms with van der Waals surface area (Å²) in [6, 6.07) is 11.4. The third-order valence-electron chi connectivity index (χ3n) is 4.03. The summed E-state index contributed by atoms with van der Waals surface area (Å²) in [5.74, 6) is 0. The second-order valence-corrected chi connectivity index (χ2v) is 8.97. The third kappa shape index (κ3) is 3.64. The first-order valence-electron chi connectivity index (χ1n) is 8.03. The Labute approximate surface area is 160 Å². The molecule has 0 radical (unpaired) electrons. The molecular formula is C17H16ClN3O3S2. The molecule has 0 unspecified atom stereocenters. The molecule has 0 saturated carbocycles. The number of ether oxygens (including phenoxy) is 1. The minimum atomic E-state index is -3.66. The van der Waals surface area contributed by atoms with Gasteiger partial charge in [0.15, 0.2) is 5.13 Å². The summed E-state index contributed by atoms with van der Waals surface area (Å²) >= 11 is 7.37. The molecule has 0 aliphatic carbocycles. The molecule has 0 atom stereocenters. The van der Waals surface area contributed by atoms with E-state index in [1.807, 2.05) is 12.1 Å². The number of benzene rings is 2. The van der Waals surface area contributed by atoms with Crippen molar-refractivity contribution >= 4 is 54.0 Å². The van der Waals surface area contributed by atoms with E-state index in [9.17, 15) is 8.42 Å². The number of anilines is 2. The van der Waals surface area contributed by atoms with Gasteiger partial charge in [-0.2, -0.15) is 0 Å². The monoisotopic (exact) mass is 409 g/mol. The smallest absolute Gasteiger partial charge is 0.261 e.